The molecule has 0 unspecified atom stereocenters. The normalized spacial score (nSPS) is 11.9. The molecule has 0 aliphatic rings. The number of benzene rings is 1. The number of carbonyl (C=O) groups excluding carboxylic acids is 1. The Morgan fingerprint density at radius 2 is 1.81 bits per heavy atom. The van der Waals surface area contributed by atoms with Crippen molar-refractivity contribution in [1.82, 2.24) is 0 Å². The number of thioether (sulfide) groups is 1. The van der Waals surface area contributed by atoms with Gasteiger partial charge in [0.1, 0.15) is 0 Å². The fourth-order valence-electron chi connectivity index (χ4n) is 1.21. The molecule has 1 rings (SSSR count). The van der Waals surface area contributed by atoms with E-state index in [2.05, 4.69) is 45.0 Å². The Bertz CT molecular complexity index is 387. The zero-order chi connectivity index (χ0) is 12.2. The Kier molecular flexibility index (Phi) is 4.19. The van der Waals surface area contributed by atoms with Crippen molar-refractivity contribution in [2.24, 2.45) is 5.73 Å². The minimum absolute atomic E-state index is 0.173. The van der Waals surface area contributed by atoms with E-state index in [4.69, 9.17) is 5.73 Å². The fraction of sp³-hybridized carbons (Fsp3) is 0.308. The van der Waals surface area contributed by atoms with E-state index in [-0.39, 0.29) is 5.41 Å². The van der Waals surface area contributed by atoms with Gasteiger partial charge in [-0.3, -0.25) is 4.79 Å². The number of nitrogens with two attached hydrogens (primary N) is 1. The number of primary amides is 1. The molecule has 0 radical (unpaired) electrons. The van der Waals surface area contributed by atoms with Crippen LogP contribution >= 0.6 is 11.8 Å². The third-order valence-electron chi connectivity index (χ3n) is 2.16. The second kappa shape index (κ2) is 5.21. The highest BCUT2D eigenvalue weighted by Gasteiger charge is 2.12. The predicted molar refractivity (Wildman–Crippen MR) is 69.3 cm³/mol. The average molecular weight is 235 g/mol. The van der Waals surface area contributed by atoms with Crippen molar-refractivity contribution in [3.63, 3.8) is 0 Å². The summed E-state index contributed by atoms with van der Waals surface area (Å²) in [7, 11) is 0. The first-order chi connectivity index (χ1) is 7.39. The minimum Gasteiger partial charge on any atom is -0.366 e. The number of hydrogen-bond acceptors (Lipinski definition) is 2. The largest absolute Gasteiger partial charge is 0.366 e. The molecule has 0 bridgehead atoms. The monoisotopic (exact) mass is 235 g/mol. The van der Waals surface area contributed by atoms with Gasteiger partial charge < -0.3 is 5.73 Å². The molecule has 0 aromatic heterocycles. The smallest absolute Gasteiger partial charge is 0.241 e. The molecule has 0 aliphatic carbocycles. The Labute approximate surface area is 101 Å². The molecule has 0 saturated carbocycles. The second-order valence-corrected chi connectivity index (χ2v) is 5.58. The molecule has 0 spiro atoms. The van der Waals surface area contributed by atoms with Gasteiger partial charge in [-0.25, -0.2) is 0 Å². The van der Waals surface area contributed by atoms with Gasteiger partial charge in [0.05, 0.1) is 0 Å². The first-order valence-corrected chi connectivity index (χ1v) is 6.01. The van der Waals surface area contributed by atoms with E-state index in [1.807, 2.05) is 0 Å². The van der Waals surface area contributed by atoms with Crippen molar-refractivity contribution in [1.29, 1.82) is 0 Å². The lowest BCUT2D eigenvalue weighted by Gasteiger charge is -2.18. The van der Waals surface area contributed by atoms with Crippen molar-refractivity contribution in [3.8, 4) is 0 Å². The second-order valence-electron chi connectivity index (χ2n) is 4.60. The van der Waals surface area contributed by atoms with Crippen LogP contribution in [0.2, 0.25) is 0 Å². The van der Waals surface area contributed by atoms with E-state index >= 15 is 0 Å². The van der Waals surface area contributed by atoms with E-state index in [1.54, 1.807) is 5.41 Å². The maximum absolute atomic E-state index is 10.5. The third kappa shape index (κ3) is 4.11. The quantitative estimate of drug-likeness (QED) is 0.646. The summed E-state index contributed by atoms with van der Waals surface area (Å²) in [5.74, 6) is -0.418. The highest BCUT2D eigenvalue weighted by atomic mass is 32.2. The molecular formula is C13H17NOS. The molecule has 0 saturated heterocycles. The molecule has 1 aromatic rings. The molecule has 16 heavy (non-hydrogen) atoms. The number of amides is 1. The summed E-state index contributed by atoms with van der Waals surface area (Å²) in [6.45, 7) is 6.55. The van der Waals surface area contributed by atoms with Crippen LogP contribution in [0.3, 0.4) is 0 Å². The maximum Gasteiger partial charge on any atom is 0.241 e. The highest BCUT2D eigenvalue weighted by Crippen LogP contribution is 2.25. The van der Waals surface area contributed by atoms with Crippen molar-refractivity contribution in [3.05, 3.63) is 41.3 Å². The molecule has 86 valence electrons. The van der Waals surface area contributed by atoms with Crippen LogP contribution in [-0.2, 0) is 10.2 Å². The molecule has 1 aromatic carbocycles. The van der Waals surface area contributed by atoms with Gasteiger partial charge in [-0.15, -0.1) is 0 Å². The molecule has 2 N–H and O–H groups in total. The summed E-state index contributed by atoms with van der Waals surface area (Å²) in [4.78, 5) is 11.6. The maximum atomic E-state index is 10.5. The standard InChI is InChI=1S/C13H17NOS/c1-13(2,3)10-4-6-11(7-5-10)16-9-8-12(14)15/h4-9H,1-3H3,(H2,14,15)/b9-8+. The first kappa shape index (κ1) is 12.8. The molecule has 0 aliphatic heterocycles. The van der Waals surface area contributed by atoms with E-state index < -0.39 is 5.91 Å². The van der Waals surface area contributed by atoms with Gasteiger partial charge in [0, 0.05) is 11.0 Å². The van der Waals surface area contributed by atoms with E-state index in [1.165, 1.54) is 23.4 Å². The predicted octanol–water partition coefficient (Wildman–Crippen LogP) is 3.08. The van der Waals surface area contributed by atoms with Gasteiger partial charge in [0.25, 0.3) is 0 Å². The van der Waals surface area contributed by atoms with Crippen LogP contribution in [0.25, 0.3) is 0 Å². The zero-order valence-electron chi connectivity index (χ0n) is 9.86. The molecule has 0 atom stereocenters. The van der Waals surface area contributed by atoms with Crippen LogP contribution in [0.4, 0.5) is 0 Å². The van der Waals surface area contributed by atoms with E-state index in [0.29, 0.717) is 0 Å². The van der Waals surface area contributed by atoms with Crippen LogP contribution in [0.1, 0.15) is 26.3 Å². The van der Waals surface area contributed by atoms with Gasteiger partial charge in [0.2, 0.25) is 5.91 Å². The van der Waals surface area contributed by atoms with Gasteiger partial charge in [-0.05, 0) is 28.5 Å². The SMILES string of the molecule is CC(C)(C)c1ccc(S/C=C/C(N)=O)cc1. The lowest BCUT2D eigenvalue weighted by molar-refractivity contribution is -0.113. The topological polar surface area (TPSA) is 43.1 Å². The number of hydrogen-bond donors (Lipinski definition) is 1. The molecule has 2 nitrogen and oxygen atoms in total. The minimum atomic E-state index is -0.418. The zero-order valence-corrected chi connectivity index (χ0v) is 10.7. The van der Waals surface area contributed by atoms with Crippen molar-refractivity contribution >= 4 is 17.7 Å². The van der Waals surface area contributed by atoms with Gasteiger partial charge in [0.15, 0.2) is 0 Å². The molecular weight excluding hydrogens is 218 g/mol. The van der Waals surface area contributed by atoms with E-state index in [9.17, 15) is 4.79 Å². The van der Waals surface area contributed by atoms with Crippen molar-refractivity contribution in [2.45, 2.75) is 31.1 Å². The lowest BCUT2D eigenvalue weighted by atomic mass is 9.87. The molecule has 0 fully saturated rings. The number of carbonyl (C=O) groups is 1. The van der Waals surface area contributed by atoms with Gasteiger partial charge in [-0.2, -0.15) is 0 Å². The van der Waals surface area contributed by atoms with Gasteiger partial charge >= 0.3 is 0 Å². The first-order valence-electron chi connectivity index (χ1n) is 5.13. The summed E-state index contributed by atoms with van der Waals surface area (Å²) < 4.78 is 0. The molecule has 3 heteroatoms. The van der Waals surface area contributed by atoms with Crippen LogP contribution in [0.5, 0.6) is 0 Å². The van der Waals surface area contributed by atoms with E-state index in [0.717, 1.165) is 4.90 Å². The average Bonchev–Trinajstić information content (AvgIpc) is 2.16. The Balaban J connectivity index is 2.69. The Hall–Kier alpha value is -1.22. The summed E-state index contributed by atoms with van der Waals surface area (Å²) in [5.41, 5.74) is 6.47. The van der Waals surface area contributed by atoms with Crippen LogP contribution in [0, 0.1) is 0 Å². The fourth-order valence-corrected chi connectivity index (χ4v) is 1.87. The van der Waals surface area contributed by atoms with Crippen LogP contribution < -0.4 is 5.73 Å². The lowest BCUT2D eigenvalue weighted by Crippen LogP contribution is -2.10. The summed E-state index contributed by atoms with van der Waals surface area (Å²) >= 11 is 1.49. The highest BCUT2D eigenvalue weighted by molar-refractivity contribution is 8.02. The third-order valence-corrected chi connectivity index (χ3v) is 2.97. The van der Waals surface area contributed by atoms with Crippen molar-refractivity contribution < 1.29 is 4.79 Å². The Morgan fingerprint density at radius 3 is 2.25 bits per heavy atom. The summed E-state index contributed by atoms with van der Waals surface area (Å²) in [6, 6.07) is 8.33. The van der Waals surface area contributed by atoms with Crippen LogP contribution in [-0.4, -0.2) is 5.91 Å². The summed E-state index contributed by atoms with van der Waals surface area (Å²) in [5, 5.41) is 1.70. The van der Waals surface area contributed by atoms with Crippen molar-refractivity contribution in [2.75, 3.05) is 0 Å². The molecule has 1 amide bonds. The summed E-state index contributed by atoms with van der Waals surface area (Å²) in [6.07, 6.45) is 1.36. The van der Waals surface area contributed by atoms with Gasteiger partial charge in [-0.1, -0.05) is 44.7 Å². The Morgan fingerprint density at radius 1 is 1.25 bits per heavy atom. The van der Waals surface area contributed by atoms with Crippen LogP contribution in [0.15, 0.2) is 40.6 Å². The number of rotatable bonds is 3. The molecule has 0 heterocycles.